The first kappa shape index (κ1) is 12.9. The summed E-state index contributed by atoms with van der Waals surface area (Å²) in [6.45, 7) is 5.34. The van der Waals surface area contributed by atoms with Gasteiger partial charge in [0.1, 0.15) is 0 Å². The Bertz CT molecular complexity index is 106. The predicted molar refractivity (Wildman–Crippen MR) is 58.0 cm³/mol. The molecule has 0 fully saturated rings. The predicted octanol–water partition coefficient (Wildman–Crippen LogP) is 2.44. The molecule has 0 aromatic carbocycles. The van der Waals surface area contributed by atoms with Crippen molar-refractivity contribution >= 4 is 0 Å². The van der Waals surface area contributed by atoms with E-state index < -0.39 is 0 Å². The molecule has 0 aliphatic rings. The molecule has 0 aromatic rings. The molecular formula is C11H25NO. The lowest BCUT2D eigenvalue weighted by Gasteiger charge is -2.25. The van der Waals surface area contributed by atoms with Crippen molar-refractivity contribution in [1.29, 1.82) is 0 Å². The molecule has 0 saturated carbocycles. The van der Waals surface area contributed by atoms with Crippen LogP contribution in [0.3, 0.4) is 0 Å². The Balaban J connectivity index is 3.84. The second-order valence-corrected chi connectivity index (χ2v) is 3.66. The lowest BCUT2D eigenvalue weighted by atomic mass is 9.92. The number of nitrogens with one attached hydrogen (secondary N) is 1. The van der Waals surface area contributed by atoms with Gasteiger partial charge in [0.2, 0.25) is 0 Å². The molecule has 0 amide bonds. The summed E-state index contributed by atoms with van der Waals surface area (Å²) in [6, 6.07) is 0.529. The van der Waals surface area contributed by atoms with Crippen LogP contribution in [0.15, 0.2) is 0 Å². The zero-order chi connectivity index (χ0) is 10.1. The van der Waals surface area contributed by atoms with Gasteiger partial charge in [0.15, 0.2) is 0 Å². The highest BCUT2D eigenvalue weighted by Crippen LogP contribution is 2.16. The normalized spacial score (nSPS) is 15.7. The molecule has 0 aromatic heterocycles. The van der Waals surface area contributed by atoms with Crippen molar-refractivity contribution in [3.63, 3.8) is 0 Å². The van der Waals surface area contributed by atoms with Crippen LogP contribution in [0.25, 0.3) is 0 Å². The van der Waals surface area contributed by atoms with Crippen LogP contribution >= 0.6 is 0 Å². The Kier molecular flexibility index (Phi) is 8.46. The van der Waals surface area contributed by atoms with Crippen molar-refractivity contribution in [3.8, 4) is 0 Å². The number of unbranched alkanes of at least 4 members (excludes halogenated alkanes) is 1. The molecule has 2 atom stereocenters. The highest BCUT2D eigenvalue weighted by atomic mass is 16.5. The van der Waals surface area contributed by atoms with E-state index in [0.29, 0.717) is 6.04 Å². The van der Waals surface area contributed by atoms with Crippen LogP contribution in [0.2, 0.25) is 0 Å². The lowest BCUT2D eigenvalue weighted by molar-refractivity contribution is 0.138. The van der Waals surface area contributed by atoms with E-state index in [1.807, 2.05) is 7.05 Å². The first-order valence-electron chi connectivity index (χ1n) is 5.46. The number of hydrogen-bond donors (Lipinski definition) is 1. The fourth-order valence-electron chi connectivity index (χ4n) is 1.79. The minimum absolute atomic E-state index is 0.529. The zero-order valence-electron chi connectivity index (χ0n) is 9.60. The fraction of sp³-hybridized carbons (Fsp3) is 1.00. The second-order valence-electron chi connectivity index (χ2n) is 3.66. The third-order valence-electron chi connectivity index (χ3n) is 2.74. The molecule has 0 saturated heterocycles. The largest absolute Gasteiger partial charge is 0.383 e. The SMILES string of the molecule is CCCCC(CC)C(COC)NC. The van der Waals surface area contributed by atoms with Crippen LogP contribution in [0.1, 0.15) is 39.5 Å². The van der Waals surface area contributed by atoms with Gasteiger partial charge in [-0.2, -0.15) is 0 Å². The molecule has 2 nitrogen and oxygen atoms in total. The van der Waals surface area contributed by atoms with E-state index in [9.17, 15) is 0 Å². The summed E-state index contributed by atoms with van der Waals surface area (Å²) in [5, 5.41) is 3.34. The van der Waals surface area contributed by atoms with Gasteiger partial charge in [-0.25, -0.2) is 0 Å². The van der Waals surface area contributed by atoms with Crippen LogP contribution in [-0.2, 0) is 4.74 Å². The summed E-state index contributed by atoms with van der Waals surface area (Å²) in [7, 11) is 3.80. The minimum Gasteiger partial charge on any atom is -0.383 e. The number of hydrogen-bond acceptors (Lipinski definition) is 2. The van der Waals surface area contributed by atoms with Crippen LogP contribution in [0.5, 0.6) is 0 Å². The molecule has 13 heavy (non-hydrogen) atoms. The molecule has 80 valence electrons. The van der Waals surface area contributed by atoms with Crippen LogP contribution in [0, 0.1) is 5.92 Å². The Morgan fingerprint density at radius 2 is 2.00 bits per heavy atom. The molecule has 2 heteroatoms. The van der Waals surface area contributed by atoms with E-state index in [4.69, 9.17) is 4.74 Å². The van der Waals surface area contributed by atoms with Crippen LogP contribution in [-0.4, -0.2) is 26.8 Å². The lowest BCUT2D eigenvalue weighted by Crippen LogP contribution is -2.37. The van der Waals surface area contributed by atoms with E-state index in [0.717, 1.165) is 12.5 Å². The molecule has 1 N–H and O–H groups in total. The third-order valence-corrected chi connectivity index (χ3v) is 2.74. The highest BCUT2D eigenvalue weighted by molar-refractivity contribution is 4.73. The number of rotatable bonds is 8. The first-order valence-corrected chi connectivity index (χ1v) is 5.46. The van der Waals surface area contributed by atoms with Gasteiger partial charge in [-0.15, -0.1) is 0 Å². The monoisotopic (exact) mass is 187 g/mol. The average molecular weight is 187 g/mol. The van der Waals surface area contributed by atoms with Crippen molar-refractivity contribution in [3.05, 3.63) is 0 Å². The van der Waals surface area contributed by atoms with E-state index in [-0.39, 0.29) is 0 Å². The van der Waals surface area contributed by atoms with Crippen molar-refractivity contribution in [2.24, 2.45) is 5.92 Å². The molecule has 0 rings (SSSR count). The summed E-state index contributed by atoms with van der Waals surface area (Å²) in [5.41, 5.74) is 0. The number of ether oxygens (including phenoxy) is 1. The molecule has 0 bridgehead atoms. The van der Waals surface area contributed by atoms with Crippen LogP contribution < -0.4 is 5.32 Å². The Morgan fingerprint density at radius 3 is 2.38 bits per heavy atom. The van der Waals surface area contributed by atoms with Gasteiger partial charge in [0.05, 0.1) is 6.61 Å². The zero-order valence-corrected chi connectivity index (χ0v) is 9.60. The summed E-state index contributed by atoms with van der Waals surface area (Å²) in [4.78, 5) is 0. The summed E-state index contributed by atoms with van der Waals surface area (Å²) in [6.07, 6.45) is 5.19. The van der Waals surface area contributed by atoms with E-state index in [1.54, 1.807) is 7.11 Å². The summed E-state index contributed by atoms with van der Waals surface area (Å²) >= 11 is 0. The van der Waals surface area contributed by atoms with Crippen molar-refractivity contribution in [1.82, 2.24) is 5.32 Å². The van der Waals surface area contributed by atoms with Crippen molar-refractivity contribution < 1.29 is 4.74 Å². The average Bonchev–Trinajstić information content (AvgIpc) is 2.17. The number of methoxy groups -OCH3 is 1. The smallest absolute Gasteiger partial charge is 0.0618 e. The Hall–Kier alpha value is -0.0800. The Labute approximate surface area is 83.1 Å². The quantitative estimate of drug-likeness (QED) is 0.630. The molecule has 0 heterocycles. The fourth-order valence-corrected chi connectivity index (χ4v) is 1.79. The highest BCUT2D eigenvalue weighted by Gasteiger charge is 2.17. The van der Waals surface area contributed by atoms with Gasteiger partial charge >= 0.3 is 0 Å². The maximum Gasteiger partial charge on any atom is 0.0618 e. The molecule has 0 spiro atoms. The second kappa shape index (κ2) is 8.52. The van der Waals surface area contributed by atoms with Gasteiger partial charge in [0, 0.05) is 13.2 Å². The Morgan fingerprint density at radius 1 is 1.31 bits per heavy atom. The third kappa shape index (κ3) is 5.27. The molecule has 0 radical (unpaired) electrons. The molecule has 0 aliphatic carbocycles. The van der Waals surface area contributed by atoms with Gasteiger partial charge in [-0.05, 0) is 19.4 Å². The van der Waals surface area contributed by atoms with Crippen LogP contribution in [0.4, 0.5) is 0 Å². The van der Waals surface area contributed by atoms with Crippen molar-refractivity contribution in [2.75, 3.05) is 20.8 Å². The van der Waals surface area contributed by atoms with Gasteiger partial charge < -0.3 is 10.1 Å². The maximum atomic E-state index is 5.20. The maximum absolute atomic E-state index is 5.20. The van der Waals surface area contributed by atoms with E-state index in [2.05, 4.69) is 19.2 Å². The molecular weight excluding hydrogens is 162 g/mol. The van der Waals surface area contributed by atoms with Gasteiger partial charge in [-0.3, -0.25) is 0 Å². The van der Waals surface area contributed by atoms with Gasteiger partial charge in [0.25, 0.3) is 0 Å². The van der Waals surface area contributed by atoms with Crippen molar-refractivity contribution in [2.45, 2.75) is 45.6 Å². The molecule has 2 unspecified atom stereocenters. The summed E-state index contributed by atoms with van der Waals surface area (Å²) in [5.74, 6) is 0.768. The number of likely N-dealkylation sites (N-methyl/N-ethyl adjacent to an activating group) is 1. The van der Waals surface area contributed by atoms with Gasteiger partial charge in [-0.1, -0.05) is 33.1 Å². The standard InChI is InChI=1S/C11H25NO/c1-5-7-8-10(6-2)11(12-3)9-13-4/h10-12H,5-9H2,1-4H3. The molecule has 0 aliphatic heterocycles. The first-order chi connectivity index (χ1) is 6.29. The summed E-state index contributed by atoms with van der Waals surface area (Å²) < 4.78 is 5.20. The van der Waals surface area contributed by atoms with E-state index >= 15 is 0 Å². The van der Waals surface area contributed by atoms with E-state index in [1.165, 1.54) is 25.7 Å². The minimum atomic E-state index is 0.529. The topological polar surface area (TPSA) is 21.3 Å².